The van der Waals surface area contributed by atoms with Gasteiger partial charge in [-0.25, -0.2) is 4.68 Å². The summed E-state index contributed by atoms with van der Waals surface area (Å²) in [4.78, 5) is 0. The van der Waals surface area contributed by atoms with Crippen LogP contribution in [0.3, 0.4) is 0 Å². The zero-order valence-corrected chi connectivity index (χ0v) is 11.8. The highest BCUT2D eigenvalue weighted by molar-refractivity contribution is 5.34. The lowest BCUT2D eigenvalue weighted by Gasteiger charge is -2.40. The molecule has 19 heavy (non-hydrogen) atoms. The highest BCUT2D eigenvalue weighted by Crippen LogP contribution is 2.45. The summed E-state index contributed by atoms with van der Waals surface area (Å²) in [7, 11) is 3.40. The maximum atomic E-state index is 10.8. The number of aryl methyl sites for hydroxylation is 2. The van der Waals surface area contributed by atoms with Crippen molar-refractivity contribution < 1.29 is 14.6 Å². The molecule has 0 aliphatic carbocycles. The Morgan fingerprint density at radius 2 is 2.16 bits per heavy atom. The normalized spacial score (nSPS) is 20.3. The molecule has 6 nitrogen and oxygen atoms in total. The Kier molecular flexibility index (Phi) is 4.13. The van der Waals surface area contributed by atoms with E-state index in [1.165, 1.54) is 0 Å². The van der Waals surface area contributed by atoms with E-state index in [2.05, 4.69) is 5.10 Å². The largest absolute Gasteiger partial charge is 0.481 e. The molecule has 1 aliphatic heterocycles. The summed E-state index contributed by atoms with van der Waals surface area (Å²) in [5.74, 6) is 0.601. The van der Waals surface area contributed by atoms with Crippen LogP contribution in [0.25, 0.3) is 0 Å². The molecule has 0 saturated carbocycles. The third-order valence-electron chi connectivity index (χ3n) is 4.16. The topological polar surface area (TPSA) is 82.5 Å². The molecule has 0 radical (unpaired) electrons. The fourth-order valence-electron chi connectivity index (χ4n) is 2.88. The Morgan fingerprint density at radius 3 is 2.68 bits per heavy atom. The maximum Gasteiger partial charge on any atom is 0.217 e. The van der Waals surface area contributed by atoms with Crippen LogP contribution in [-0.4, -0.2) is 41.8 Å². The van der Waals surface area contributed by atoms with E-state index in [4.69, 9.17) is 15.2 Å². The second-order valence-corrected chi connectivity index (χ2v) is 5.21. The quantitative estimate of drug-likeness (QED) is 0.833. The van der Waals surface area contributed by atoms with Crippen LogP contribution in [-0.2, 0) is 11.8 Å². The average Bonchev–Trinajstić information content (AvgIpc) is 2.72. The lowest BCUT2D eigenvalue weighted by Crippen LogP contribution is -2.41. The first kappa shape index (κ1) is 14.3. The van der Waals surface area contributed by atoms with Crippen LogP contribution in [0.1, 0.15) is 30.2 Å². The van der Waals surface area contributed by atoms with E-state index in [9.17, 15) is 5.11 Å². The maximum absolute atomic E-state index is 10.8. The fourth-order valence-corrected chi connectivity index (χ4v) is 2.88. The molecule has 1 unspecified atom stereocenters. The van der Waals surface area contributed by atoms with Crippen molar-refractivity contribution in [3.05, 3.63) is 11.3 Å². The van der Waals surface area contributed by atoms with Crippen molar-refractivity contribution in [2.24, 2.45) is 18.2 Å². The van der Waals surface area contributed by atoms with Gasteiger partial charge in [0.2, 0.25) is 5.88 Å². The number of ether oxygens (including phenoxy) is 2. The van der Waals surface area contributed by atoms with Crippen LogP contribution in [0.2, 0.25) is 0 Å². The predicted molar refractivity (Wildman–Crippen MR) is 71.0 cm³/mol. The lowest BCUT2D eigenvalue weighted by atomic mass is 9.73. The van der Waals surface area contributed by atoms with Crippen molar-refractivity contribution in [3.63, 3.8) is 0 Å². The van der Waals surface area contributed by atoms with E-state index in [-0.39, 0.29) is 5.41 Å². The first-order chi connectivity index (χ1) is 9.05. The second kappa shape index (κ2) is 5.48. The van der Waals surface area contributed by atoms with Crippen molar-refractivity contribution in [2.75, 3.05) is 26.9 Å². The number of aromatic nitrogens is 2. The Balaban J connectivity index is 2.39. The summed E-state index contributed by atoms with van der Waals surface area (Å²) in [6.07, 6.45) is 0.828. The number of rotatable bonds is 4. The Bertz CT molecular complexity index is 439. The van der Waals surface area contributed by atoms with Crippen LogP contribution < -0.4 is 10.5 Å². The molecule has 0 bridgehead atoms. The van der Waals surface area contributed by atoms with E-state index >= 15 is 0 Å². The van der Waals surface area contributed by atoms with Gasteiger partial charge in [0.05, 0.1) is 24.5 Å². The van der Waals surface area contributed by atoms with Crippen molar-refractivity contribution in [2.45, 2.75) is 25.9 Å². The fraction of sp³-hybridized carbons (Fsp3) is 0.769. The SMILES string of the molecule is COc1c(C(O)C2(CN)CCOCC2)c(C)nn1C. The predicted octanol–water partition coefficient (Wildman–Crippen LogP) is 0.526. The van der Waals surface area contributed by atoms with E-state index in [1.54, 1.807) is 18.8 Å². The van der Waals surface area contributed by atoms with Crippen molar-refractivity contribution >= 4 is 0 Å². The molecule has 0 spiro atoms. The first-order valence-corrected chi connectivity index (χ1v) is 6.59. The van der Waals surface area contributed by atoms with Crippen LogP contribution in [0.15, 0.2) is 0 Å². The molecule has 6 heteroatoms. The highest BCUT2D eigenvalue weighted by atomic mass is 16.5. The number of hydrogen-bond acceptors (Lipinski definition) is 5. The standard InChI is InChI=1S/C13H23N3O3/c1-9-10(12(18-3)16(2)15-9)11(17)13(8-14)4-6-19-7-5-13/h11,17H,4-8,14H2,1-3H3. The van der Waals surface area contributed by atoms with Gasteiger partial charge in [0.15, 0.2) is 0 Å². The van der Waals surface area contributed by atoms with Crippen LogP contribution >= 0.6 is 0 Å². The van der Waals surface area contributed by atoms with Crippen LogP contribution in [0.5, 0.6) is 5.88 Å². The number of nitrogens with zero attached hydrogens (tertiary/aromatic N) is 2. The van der Waals surface area contributed by atoms with Gasteiger partial charge in [-0.2, -0.15) is 5.10 Å². The lowest BCUT2D eigenvalue weighted by molar-refractivity contribution is -0.0591. The number of methoxy groups -OCH3 is 1. The minimum atomic E-state index is -0.676. The van der Waals surface area contributed by atoms with Crippen molar-refractivity contribution in [3.8, 4) is 5.88 Å². The Labute approximate surface area is 113 Å². The van der Waals surface area contributed by atoms with Crippen molar-refractivity contribution in [1.82, 2.24) is 9.78 Å². The van der Waals surface area contributed by atoms with Gasteiger partial charge in [0.25, 0.3) is 0 Å². The Morgan fingerprint density at radius 1 is 1.53 bits per heavy atom. The molecule has 2 rings (SSSR count). The van der Waals surface area contributed by atoms with Gasteiger partial charge in [-0.1, -0.05) is 0 Å². The zero-order valence-electron chi connectivity index (χ0n) is 11.8. The molecule has 1 aromatic rings. The smallest absolute Gasteiger partial charge is 0.217 e. The molecule has 0 amide bonds. The van der Waals surface area contributed by atoms with Gasteiger partial charge in [-0.3, -0.25) is 0 Å². The van der Waals surface area contributed by atoms with Gasteiger partial charge >= 0.3 is 0 Å². The van der Waals surface area contributed by atoms with E-state index in [0.717, 1.165) is 24.1 Å². The summed E-state index contributed by atoms with van der Waals surface area (Å²) >= 11 is 0. The summed E-state index contributed by atoms with van der Waals surface area (Å²) in [6, 6.07) is 0. The molecular weight excluding hydrogens is 246 g/mol. The minimum absolute atomic E-state index is 0.348. The molecule has 0 aromatic carbocycles. The monoisotopic (exact) mass is 269 g/mol. The van der Waals surface area contributed by atoms with Crippen LogP contribution in [0.4, 0.5) is 0 Å². The minimum Gasteiger partial charge on any atom is -0.481 e. The number of hydrogen-bond donors (Lipinski definition) is 2. The number of aliphatic hydroxyl groups excluding tert-OH is 1. The van der Waals surface area contributed by atoms with Crippen LogP contribution in [0, 0.1) is 12.3 Å². The molecule has 3 N–H and O–H groups in total. The molecule has 1 fully saturated rings. The summed E-state index contributed by atoms with van der Waals surface area (Å²) in [5, 5.41) is 15.2. The second-order valence-electron chi connectivity index (χ2n) is 5.21. The summed E-state index contributed by atoms with van der Waals surface area (Å²) in [5.41, 5.74) is 7.12. The van der Waals surface area contributed by atoms with Gasteiger partial charge < -0.3 is 20.3 Å². The number of nitrogens with two attached hydrogens (primary N) is 1. The third kappa shape index (κ3) is 2.35. The average molecular weight is 269 g/mol. The molecule has 1 aliphatic rings. The number of aliphatic hydroxyl groups is 1. The molecule has 1 aromatic heterocycles. The van der Waals surface area contributed by atoms with Gasteiger partial charge in [-0.15, -0.1) is 0 Å². The van der Waals surface area contributed by atoms with Gasteiger partial charge in [-0.05, 0) is 19.8 Å². The van der Waals surface area contributed by atoms with Gasteiger partial charge in [0.1, 0.15) is 0 Å². The Hall–Kier alpha value is -1.11. The van der Waals surface area contributed by atoms with Crippen molar-refractivity contribution in [1.29, 1.82) is 0 Å². The zero-order chi connectivity index (χ0) is 14.0. The summed E-state index contributed by atoms with van der Waals surface area (Å²) in [6.45, 7) is 3.57. The van der Waals surface area contributed by atoms with Gasteiger partial charge in [0, 0.05) is 32.2 Å². The molecule has 1 atom stereocenters. The van der Waals surface area contributed by atoms with E-state index < -0.39 is 6.10 Å². The van der Waals surface area contributed by atoms with E-state index in [1.807, 2.05) is 6.92 Å². The third-order valence-corrected chi connectivity index (χ3v) is 4.16. The van der Waals surface area contributed by atoms with E-state index in [0.29, 0.717) is 25.6 Å². The highest BCUT2D eigenvalue weighted by Gasteiger charge is 2.42. The molecular formula is C13H23N3O3. The molecule has 1 saturated heterocycles. The molecule has 108 valence electrons. The first-order valence-electron chi connectivity index (χ1n) is 6.59. The molecule has 2 heterocycles. The summed E-state index contributed by atoms with van der Waals surface area (Å²) < 4.78 is 12.4.